The molecule has 2 aliphatic rings. The minimum absolute atomic E-state index is 0.388. The Kier molecular flexibility index (Phi) is 5.01. The predicted octanol–water partition coefficient (Wildman–Crippen LogP) is 2.75. The van der Waals surface area contributed by atoms with Crippen molar-refractivity contribution in [2.45, 2.75) is 38.3 Å². The number of likely N-dealkylation sites (tertiary alicyclic amines) is 1. The van der Waals surface area contributed by atoms with Crippen LogP contribution in [0, 0.1) is 22.7 Å². The third kappa shape index (κ3) is 3.58. The summed E-state index contributed by atoms with van der Waals surface area (Å²) in [5, 5.41) is 20.1. The van der Waals surface area contributed by atoms with Gasteiger partial charge in [-0.1, -0.05) is 37.3 Å². The summed E-state index contributed by atoms with van der Waals surface area (Å²) < 4.78 is 5.37. The molecule has 1 aromatic carbocycles. The van der Waals surface area contributed by atoms with Gasteiger partial charge in [-0.15, -0.1) is 0 Å². The van der Waals surface area contributed by atoms with E-state index < -0.39 is 11.5 Å². The van der Waals surface area contributed by atoms with E-state index in [4.69, 9.17) is 4.74 Å². The van der Waals surface area contributed by atoms with E-state index in [9.17, 15) is 10.4 Å². The van der Waals surface area contributed by atoms with Crippen molar-refractivity contribution < 1.29 is 9.84 Å². The van der Waals surface area contributed by atoms with Crippen molar-refractivity contribution in [1.29, 1.82) is 5.26 Å². The van der Waals surface area contributed by atoms with Gasteiger partial charge in [-0.3, -0.25) is 4.90 Å². The summed E-state index contributed by atoms with van der Waals surface area (Å²) in [6.45, 7) is 5.19. The van der Waals surface area contributed by atoms with Crippen LogP contribution in [0.15, 0.2) is 30.3 Å². The Hall–Kier alpha value is -1.41. The van der Waals surface area contributed by atoms with Gasteiger partial charge in [-0.25, -0.2) is 0 Å². The van der Waals surface area contributed by atoms with Gasteiger partial charge in [0, 0.05) is 32.3 Å². The van der Waals surface area contributed by atoms with Gasteiger partial charge in [0.2, 0.25) is 0 Å². The molecule has 0 aromatic heterocycles. The minimum Gasteiger partial charge on any atom is -0.392 e. The number of nitriles is 1. The van der Waals surface area contributed by atoms with Crippen LogP contribution >= 0.6 is 0 Å². The average Bonchev–Trinajstić information content (AvgIpc) is 2.56. The number of nitrogens with zero attached hydrogens (tertiary/aromatic N) is 2. The van der Waals surface area contributed by atoms with Crippen LogP contribution in [0.5, 0.6) is 0 Å². The zero-order valence-corrected chi connectivity index (χ0v) is 13.8. The lowest BCUT2D eigenvalue weighted by Gasteiger charge is -2.48. The van der Waals surface area contributed by atoms with Crippen molar-refractivity contribution in [2.75, 3.05) is 26.3 Å². The number of rotatable bonds is 5. The summed E-state index contributed by atoms with van der Waals surface area (Å²) >= 11 is 0. The molecule has 2 aliphatic heterocycles. The van der Waals surface area contributed by atoms with Crippen molar-refractivity contribution in [3.63, 3.8) is 0 Å². The van der Waals surface area contributed by atoms with Gasteiger partial charge in [0.25, 0.3) is 0 Å². The number of β-amino-alcohol motifs (C(OH)–C–C–N with tert-alkyl or cyclic N) is 1. The maximum atomic E-state index is 10.6. The molecule has 3 unspecified atom stereocenters. The Balaban J connectivity index is 1.59. The molecular weight excluding hydrogens is 288 g/mol. The highest BCUT2D eigenvalue weighted by Gasteiger charge is 2.40. The van der Waals surface area contributed by atoms with E-state index in [-0.39, 0.29) is 0 Å². The summed E-state index contributed by atoms with van der Waals surface area (Å²) in [5.41, 5.74) is 0.913. The van der Waals surface area contributed by atoms with Crippen LogP contribution in [0.1, 0.15) is 37.8 Å². The molecule has 4 heteroatoms. The quantitative estimate of drug-likeness (QED) is 0.908. The molecule has 0 spiro atoms. The molecule has 2 fully saturated rings. The highest BCUT2D eigenvalue weighted by atomic mass is 16.5. The lowest BCUT2D eigenvalue weighted by Crippen LogP contribution is -2.51. The first-order chi connectivity index (χ1) is 11.1. The largest absolute Gasteiger partial charge is 0.392 e. The molecule has 0 bridgehead atoms. The average molecular weight is 314 g/mol. The second kappa shape index (κ2) is 7.00. The summed E-state index contributed by atoms with van der Waals surface area (Å²) in [6, 6.07) is 13.3. The van der Waals surface area contributed by atoms with Gasteiger partial charge in [-0.05, 0) is 30.7 Å². The first-order valence-corrected chi connectivity index (χ1v) is 8.60. The zero-order valence-electron chi connectivity index (χ0n) is 13.8. The maximum Gasteiger partial charge on any atom is 0.0692 e. The van der Waals surface area contributed by atoms with Gasteiger partial charge < -0.3 is 9.84 Å². The van der Waals surface area contributed by atoms with E-state index in [2.05, 4.69) is 42.2 Å². The third-order valence-electron chi connectivity index (χ3n) is 5.35. The summed E-state index contributed by atoms with van der Waals surface area (Å²) in [4.78, 5) is 2.34. The maximum absolute atomic E-state index is 10.6. The van der Waals surface area contributed by atoms with Crippen LogP contribution in [0.4, 0.5) is 0 Å². The van der Waals surface area contributed by atoms with E-state index in [1.54, 1.807) is 0 Å². The van der Waals surface area contributed by atoms with E-state index in [0.717, 1.165) is 19.4 Å². The fraction of sp³-hybridized carbons (Fsp3) is 0.632. The van der Waals surface area contributed by atoms with Crippen LogP contribution in [-0.2, 0) is 4.74 Å². The van der Waals surface area contributed by atoms with Crippen LogP contribution in [0.25, 0.3) is 0 Å². The van der Waals surface area contributed by atoms with Gasteiger partial charge in [0.05, 0.1) is 17.6 Å². The number of hydrogen-bond acceptors (Lipinski definition) is 4. The van der Waals surface area contributed by atoms with Crippen molar-refractivity contribution >= 4 is 0 Å². The molecule has 0 aliphatic carbocycles. The lowest BCUT2D eigenvalue weighted by atomic mass is 9.76. The molecule has 23 heavy (non-hydrogen) atoms. The second-order valence-electron chi connectivity index (χ2n) is 7.15. The zero-order chi connectivity index (χ0) is 16.3. The Morgan fingerprint density at radius 3 is 2.65 bits per heavy atom. The molecule has 3 atom stereocenters. The molecular formula is C19H26N2O2. The topological polar surface area (TPSA) is 56.5 Å². The van der Waals surface area contributed by atoms with Gasteiger partial charge in [-0.2, -0.15) is 5.26 Å². The highest BCUT2D eigenvalue weighted by molar-refractivity contribution is 5.22. The number of hydrogen-bond donors (Lipinski definition) is 1. The number of ether oxygens (including phenoxy) is 1. The molecule has 1 aromatic rings. The normalized spacial score (nSPS) is 28.6. The molecule has 3 rings (SSSR count). The standard InChI is InChI=1S/C19H26N2O2/c1-15-12-21(18(15)16-5-3-2-4-6-16)13-17(22)11-19(14-20)7-9-23-10-8-19/h2-6,15,17-18,22H,7-13H2,1H3. The SMILES string of the molecule is CC1CN(CC(O)CC2(C#N)CCOCC2)C1c1ccccc1. The molecule has 0 saturated carbocycles. The first-order valence-electron chi connectivity index (χ1n) is 8.60. The van der Waals surface area contributed by atoms with Gasteiger partial charge in [0.1, 0.15) is 0 Å². The van der Waals surface area contributed by atoms with Crippen molar-refractivity contribution in [2.24, 2.45) is 11.3 Å². The number of benzene rings is 1. The summed E-state index contributed by atoms with van der Waals surface area (Å²) in [6.07, 6.45) is 1.57. The first kappa shape index (κ1) is 16.4. The van der Waals surface area contributed by atoms with Gasteiger partial charge in [0.15, 0.2) is 0 Å². The third-order valence-corrected chi connectivity index (χ3v) is 5.35. The summed E-state index contributed by atoms with van der Waals surface area (Å²) in [7, 11) is 0. The molecule has 0 amide bonds. The van der Waals surface area contributed by atoms with Crippen LogP contribution < -0.4 is 0 Å². The van der Waals surface area contributed by atoms with Crippen molar-refractivity contribution in [1.82, 2.24) is 4.90 Å². The van der Waals surface area contributed by atoms with Gasteiger partial charge >= 0.3 is 0 Å². The Morgan fingerprint density at radius 1 is 1.35 bits per heavy atom. The van der Waals surface area contributed by atoms with E-state index >= 15 is 0 Å². The second-order valence-corrected chi connectivity index (χ2v) is 7.15. The minimum atomic E-state index is -0.452. The number of aliphatic hydroxyl groups is 1. The molecule has 124 valence electrons. The fourth-order valence-corrected chi connectivity index (χ4v) is 4.09. The predicted molar refractivity (Wildman–Crippen MR) is 88.6 cm³/mol. The Morgan fingerprint density at radius 2 is 2.04 bits per heavy atom. The molecule has 2 saturated heterocycles. The van der Waals surface area contributed by atoms with Crippen molar-refractivity contribution in [3.05, 3.63) is 35.9 Å². The lowest BCUT2D eigenvalue weighted by molar-refractivity contribution is -0.0352. The Bertz CT molecular complexity index is 548. The number of aliphatic hydroxyl groups excluding tert-OH is 1. The molecule has 0 radical (unpaired) electrons. The monoisotopic (exact) mass is 314 g/mol. The summed E-state index contributed by atoms with van der Waals surface area (Å²) in [5.74, 6) is 0.609. The van der Waals surface area contributed by atoms with E-state index in [1.165, 1.54) is 5.56 Å². The highest BCUT2D eigenvalue weighted by Crippen LogP contribution is 2.40. The van der Waals surface area contributed by atoms with Crippen LogP contribution in [0.2, 0.25) is 0 Å². The van der Waals surface area contributed by atoms with E-state index in [1.807, 2.05) is 6.07 Å². The fourth-order valence-electron chi connectivity index (χ4n) is 4.09. The van der Waals surface area contributed by atoms with Crippen molar-refractivity contribution in [3.8, 4) is 6.07 Å². The molecule has 2 heterocycles. The van der Waals surface area contributed by atoms with E-state index in [0.29, 0.717) is 38.1 Å². The van der Waals surface area contributed by atoms with Crippen LogP contribution in [-0.4, -0.2) is 42.4 Å². The smallest absolute Gasteiger partial charge is 0.0692 e. The Labute approximate surface area is 138 Å². The molecule has 4 nitrogen and oxygen atoms in total. The molecule has 1 N–H and O–H groups in total. The van der Waals surface area contributed by atoms with Crippen LogP contribution in [0.3, 0.4) is 0 Å².